The number of hydrogen-bond acceptors (Lipinski definition) is 5. The van der Waals surface area contributed by atoms with Crippen LogP contribution in [-0.4, -0.2) is 40.8 Å². The minimum absolute atomic E-state index is 0.129. The molecule has 1 saturated heterocycles. The zero-order valence-corrected chi connectivity index (χ0v) is 17.9. The predicted octanol–water partition coefficient (Wildman–Crippen LogP) is 4.29. The maximum absolute atomic E-state index is 12.8. The molecule has 0 bridgehead atoms. The van der Waals surface area contributed by atoms with Gasteiger partial charge in [-0.15, -0.1) is 0 Å². The lowest BCUT2D eigenvalue weighted by molar-refractivity contribution is -0.128. The third kappa shape index (κ3) is 5.17. The topological polar surface area (TPSA) is 71.0 Å². The summed E-state index contributed by atoms with van der Waals surface area (Å²) in [5.74, 6) is 0.335. The fourth-order valence-corrected chi connectivity index (χ4v) is 3.92. The summed E-state index contributed by atoms with van der Waals surface area (Å²) in [6.45, 7) is 6.52. The zero-order chi connectivity index (χ0) is 21.0. The molecule has 0 spiro atoms. The van der Waals surface area contributed by atoms with E-state index in [2.05, 4.69) is 10.3 Å². The Hall–Kier alpha value is -2.80. The fraction of sp³-hybridized carbons (Fsp3) is 0.318. The van der Waals surface area contributed by atoms with Gasteiger partial charge in [0, 0.05) is 25.2 Å². The van der Waals surface area contributed by atoms with Gasteiger partial charge in [0.25, 0.3) is 0 Å². The average Bonchev–Trinajstić information content (AvgIpc) is 2.68. The van der Waals surface area contributed by atoms with Crippen LogP contribution in [0.25, 0.3) is 0 Å². The highest BCUT2D eigenvalue weighted by Gasteiger charge is 2.34. The Morgan fingerprint density at radius 1 is 1.24 bits per heavy atom. The van der Waals surface area contributed by atoms with Crippen molar-refractivity contribution in [2.75, 3.05) is 19.0 Å². The van der Waals surface area contributed by atoms with Gasteiger partial charge in [-0.3, -0.25) is 14.5 Å². The van der Waals surface area contributed by atoms with E-state index in [1.165, 1.54) is 22.2 Å². The Morgan fingerprint density at radius 3 is 2.76 bits per heavy atom. The lowest BCUT2D eigenvalue weighted by atomic mass is 10.1. The molecule has 1 atom stereocenters. The Morgan fingerprint density at radius 2 is 2.03 bits per heavy atom. The maximum atomic E-state index is 12.8. The summed E-state index contributed by atoms with van der Waals surface area (Å²) in [5.41, 5.74) is 3.72. The molecule has 7 heteroatoms. The molecule has 3 rings (SSSR count). The number of nitrogens with zero attached hydrogens (tertiary/aromatic N) is 2. The van der Waals surface area contributed by atoms with Gasteiger partial charge in [-0.05, 0) is 56.2 Å². The van der Waals surface area contributed by atoms with Gasteiger partial charge in [-0.1, -0.05) is 23.9 Å². The number of anilines is 1. The average molecular weight is 412 g/mol. The summed E-state index contributed by atoms with van der Waals surface area (Å²) in [6.07, 6.45) is 0.129. The molecular weight excluding hydrogens is 386 g/mol. The van der Waals surface area contributed by atoms with Gasteiger partial charge < -0.3 is 10.1 Å². The number of ether oxygens (including phenoxy) is 1. The monoisotopic (exact) mass is 411 g/mol. The summed E-state index contributed by atoms with van der Waals surface area (Å²) in [7, 11) is 1.69. The highest BCUT2D eigenvalue weighted by atomic mass is 32.2. The van der Waals surface area contributed by atoms with Gasteiger partial charge in [0.1, 0.15) is 11.0 Å². The number of amides is 2. The molecule has 1 heterocycles. The van der Waals surface area contributed by atoms with Crippen LogP contribution >= 0.6 is 11.8 Å². The van der Waals surface area contributed by atoms with Crippen LogP contribution in [-0.2, 0) is 9.59 Å². The number of rotatable bonds is 5. The van der Waals surface area contributed by atoms with E-state index < -0.39 is 5.25 Å². The minimum Gasteiger partial charge on any atom is -0.494 e. The lowest BCUT2D eigenvalue weighted by Gasteiger charge is -2.28. The smallest absolute Gasteiger partial charge is 0.238 e. The number of carbonyl (C=O) groups excluding carboxylic acids is 2. The lowest BCUT2D eigenvalue weighted by Crippen LogP contribution is -2.43. The van der Waals surface area contributed by atoms with Crippen LogP contribution in [0.5, 0.6) is 5.75 Å². The van der Waals surface area contributed by atoms with Crippen LogP contribution in [0.1, 0.15) is 24.5 Å². The van der Waals surface area contributed by atoms with Crippen molar-refractivity contribution in [3.8, 4) is 5.75 Å². The predicted molar refractivity (Wildman–Crippen MR) is 118 cm³/mol. The van der Waals surface area contributed by atoms with Gasteiger partial charge in [-0.2, -0.15) is 0 Å². The molecule has 2 aromatic rings. The van der Waals surface area contributed by atoms with Crippen molar-refractivity contribution in [2.24, 2.45) is 4.99 Å². The van der Waals surface area contributed by atoms with E-state index in [0.29, 0.717) is 23.2 Å². The first-order valence-electron chi connectivity index (χ1n) is 9.50. The van der Waals surface area contributed by atoms with E-state index in [4.69, 9.17) is 4.74 Å². The highest BCUT2D eigenvalue weighted by molar-refractivity contribution is 8.15. The maximum Gasteiger partial charge on any atom is 0.238 e. The molecule has 2 amide bonds. The normalized spacial score (nSPS) is 18.1. The molecule has 1 N–H and O–H groups in total. The number of amidine groups is 1. The molecule has 0 aliphatic carbocycles. The number of carbonyl (C=O) groups is 2. The van der Waals surface area contributed by atoms with E-state index in [1.54, 1.807) is 19.2 Å². The van der Waals surface area contributed by atoms with Crippen LogP contribution in [0.3, 0.4) is 0 Å². The molecule has 1 fully saturated rings. The number of hydrogen-bond donors (Lipinski definition) is 1. The molecular formula is C22H25N3O3S. The van der Waals surface area contributed by atoms with Crippen LogP contribution in [0.2, 0.25) is 0 Å². The third-order valence-electron chi connectivity index (χ3n) is 4.69. The van der Waals surface area contributed by atoms with Gasteiger partial charge in [0.2, 0.25) is 11.8 Å². The molecule has 6 nitrogen and oxygen atoms in total. The van der Waals surface area contributed by atoms with Crippen LogP contribution in [0.4, 0.5) is 11.4 Å². The van der Waals surface area contributed by atoms with E-state index in [1.807, 2.05) is 51.1 Å². The van der Waals surface area contributed by atoms with Crippen molar-refractivity contribution in [3.63, 3.8) is 0 Å². The van der Waals surface area contributed by atoms with Crippen molar-refractivity contribution in [3.05, 3.63) is 53.6 Å². The quantitative estimate of drug-likeness (QED) is 0.797. The standard InChI is InChI=1S/C22H25N3O3S/c1-5-28-18-8-6-7-16(12-18)23-21(27)19-13-20(26)25(4)22(29-19)24-17-10-9-14(2)15(3)11-17/h6-12,19H,5,13H2,1-4H3,(H,23,27)/t19-/m0/s1. The van der Waals surface area contributed by atoms with Crippen LogP contribution in [0.15, 0.2) is 47.5 Å². The minimum atomic E-state index is -0.542. The summed E-state index contributed by atoms with van der Waals surface area (Å²) < 4.78 is 5.47. The third-order valence-corrected chi connectivity index (χ3v) is 5.93. The largest absolute Gasteiger partial charge is 0.494 e. The second-order valence-electron chi connectivity index (χ2n) is 6.88. The first-order valence-corrected chi connectivity index (χ1v) is 10.4. The fourth-order valence-electron chi connectivity index (χ4n) is 2.86. The second kappa shape index (κ2) is 9.13. The van der Waals surface area contributed by atoms with Crippen molar-refractivity contribution in [1.29, 1.82) is 0 Å². The molecule has 1 aliphatic rings. The van der Waals surface area contributed by atoms with E-state index in [-0.39, 0.29) is 18.2 Å². The summed E-state index contributed by atoms with van der Waals surface area (Å²) in [6, 6.07) is 13.1. The first-order chi connectivity index (χ1) is 13.9. The number of benzene rings is 2. The number of aryl methyl sites for hydroxylation is 2. The number of thioether (sulfide) groups is 1. The SMILES string of the molecule is CCOc1cccc(NC(=O)[C@@H]2CC(=O)N(C)C(=Nc3ccc(C)c(C)c3)S2)c1. The summed E-state index contributed by atoms with van der Waals surface area (Å²) in [5, 5.41) is 2.86. The van der Waals surface area contributed by atoms with Gasteiger partial charge >= 0.3 is 0 Å². The summed E-state index contributed by atoms with van der Waals surface area (Å²) in [4.78, 5) is 31.4. The van der Waals surface area contributed by atoms with Crippen molar-refractivity contribution in [1.82, 2.24) is 4.90 Å². The molecule has 152 valence electrons. The first kappa shape index (κ1) is 20.9. The van der Waals surface area contributed by atoms with Gasteiger partial charge in [0.05, 0.1) is 12.3 Å². The number of aliphatic imine (C=N–C) groups is 1. The van der Waals surface area contributed by atoms with E-state index in [0.717, 1.165) is 11.3 Å². The van der Waals surface area contributed by atoms with Gasteiger partial charge in [0.15, 0.2) is 5.17 Å². The van der Waals surface area contributed by atoms with E-state index in [9.17, 15) is 9.59 Å². The van der Waals surface area contributed by atoms with Crippen LogP contribution in [0, 0.1) is 13.8 Å². The van der Waals surface area contributed by atoms with Gasteiger partial charge in [-0.25, -0.2) is 4.99 Å². The summed E-state index contributed by atoms with van der Waals surface area (Å²) >= 11 is 1.30. The Labute approximate surface area is 175 Å². The molecule has 0 radical (unpaired) electrons. The Kier molecular flexibility index (Phi) is 6.59. The molecule has 0 unspecified atom stereocenters. The van der Waals surface area contributed by atoms with Crippen molar-refractivity contribution < 1.29 is 14.3 Å². The van der Waals surface area contributed by atoms with Crippen LogP contribution < -0.4 is 10.1 Å². The molecule has 1 aliphatic heterocycles. The highest BCUT2D eigenvalue weighted by Crippen LogP contribution is 2.30. The van der Waals surface area contributed by atoms with Crippen molar-refractivity contribution in [2.45, 2.75) is 32.4 Å². The zero-order valence-electron chi connectivity index (χ0n) is 17.1. The molecule has 0 aromatic heterocycles. The number of nitrogens with one attached hydrogen (secondary N) is 1. The Balaban J connectivity index is 1.77. The van der Waals surface area contributed by atoms with E-state index >= 15 is 0 Å². The molecule has 29 heavy (non-hydrogen) atoms. The second-order valence-corrected chi connectivity index (χ2v) is 8.05. The molecule has 2 aromatic carbocycles. The van der Waals surface area contributed by atoms with Crippen molar-refractivity contribution >= 4 is 40.1 Å². The molecule has 0 saturated carbocycles. The Bertz CT molecular complexity index is 958.